The summed E-state index contributed by atoms with van der Waals surface area (Å²) in [5.41, 5.74) is 4.59. The lowest BCUT2D eigenvalue weighted by Crippen LogP contribution is -2.62. The number of nitrogens with one attached hydrogen (secondary N) is 3. The maximum Gasteiger partial charge on any atom is 0.471 e. The van der Waals surface area contributed by atoms with E-state index in [2.05, 4.69) is 16.7 Å². The smallest absolute Gasteiger partial charge is 0.368 e. The van der Waals surface area contributed by atoms with Gasteiger partial charge >= 0.3 is 12.1 Å². The SMILES string of the molecule is CC(C)(C1CC1)[C@H](NC(=O)C(F)(F)F)C(=O)N1C[C@H]2[C@@H]([C@H]1C(=O)N[C@@H](C[C@@H]1CCNC1=O)C(N)=O)[C@H]1C=C[C@@H]2C1. The molecular weight excluding hydrogens is 531 g/mol. The van der Waals surface area contributed by atoms with Crippen LogP contribution in [0.5, 0.6) is 0 Å². The Kier molecular flexibility index (Phi) is 7.14. The van der Waals surface area contributed by atoms with Crippen LogP contribution >= 0.6 is 0 Å². The molecule has 4 fully saturated rings. The Labute approximate surface area is 230 Å². The largest absolute Gasteiger partial charge is 0.471 e. The van der Waals surface area contributed by atoms with Crippen molar-refractivity contribution in [3.8, 4) is 0 Å². The van der Waals surface area contributed by atoms with E-state index in [1.807, 2.05) is 11.4 Å². The minimum Gasteiger partial charge on any atom is -0.368 e. The molecule has 2 aliphatic heterocycles. The first-order chi connectivity index (χ1) is 18.7. The molecule has 0 radical (unpaired) electrons. The zero-order valence-electron chi connectivity index (χ0n) is 22.5. The number of rotatable bonds is 9. The predicted octanol–water partition coefficient (Wildman–Crippen LogP) is 0.615. The van der Waals surface area contributed by atoms with Crippen LogP contribution in [0.2, 0.25) is 0 Å². The fourth-order valence-electron chi connectivity index (χ4n) is 7.45. The van der Waals surface area contributed by atoms with Crippen LogP contribution in [0.1, 0.15) is 46.0 Å². The van der Waals surface area contributed by atoms with Crippen molar-refractivity contribution < 1.29 is 37.1 Å². The standard InChI is InChI=1S/C27H36F3N5O5/c1-26(2,15-5-6-15)20(34-25(40)27(28,29)30)24(39)35-11-16-12-3-4-13(9-12)18(16)19(35)23(38)33-17(21(31)36)10-14-7-8-32-22(14)37/h3-4,12-20H,5-11H2,1-2H3,(H2,31,36)(H,32,37)(H,33,38)(H,34,40)/t12-,13+,14+,16-,17+,18+,19+,20-/m1/s1. The average molecular weight is 568 g/mol. The first-order valence-corrected chi connectivity index (χ1v) is 13.9. The summed E-state index contributed by atoms with van der Waals surface area (Å²) in [6.45, 7) is 3.93. The van der Waals surface area contributed by atoms with Crippen molar-refractivity contribution in [3.63, 3.8) is 0 Å². The molecule has 0 unspecified atom stereocenters. The van der Waals surface area contributed by atoms with Crippen LogP contribution in [0.4, 0.5) is 13.2 Å². The Bertz CT molecular complexity index is 1140. The van der Waals surface area contributed by atoms with Crippen molar-refractivity contribution in [1.29, 1.82) is 0 Å². The van der Waals surface area contributed by atoms with Gasteiger partial charge in [-0.25, -0.2) is 0 Å². The molecule has 220 valence electrons. The predicted molar refractivity (Wildman–Crippen MR) is 135 cm³/mol. The first kappa shape index (κ1) is 28.4. The van der Waals surface area contributed by atoms with E-state index in [4.69, 9.17) is 5.73 Å². The van der Waals surface area contributed by atoms with Crippen molar-refractivity contribution >= 4 is 29.5 Å². The van der Waals surface area contributed by atoms with Gasteiger partial charge in [-0.15, -0.1) is 0 Å². The molecule has 0 spiro atoms. The summed E-state index contributed by atoms with van der Waals surface area (Å²) in [5.74, 6) is -5.44. The highest BCUT2D eigenvalue weighted by Crippen LogP contribution is 2.55. The van der Waals surface area contributed by atoms with Crippen LogP contribution in [0.15, 0.2) is 12.2 Å². The fourth-order valence-corrected chi connectivity index (χ4v) is 7.45. The molecule has 10 nitrogen and oxygen atoms in total. The van der Waals surface area contributed by atoms with Gasteiger partial charge in [0.1, 0.15) is 18.1 Å². The molecule has 5 amide bonds. The Balaban J connectivity index is 1.43. The lowest BCUT2D eigenvalue weighted by Gasteiger charge is -2.39. The molecule has 5 N–H and O–H groups in total. The molecule has 0 aromatic rings. The summed E-state index contributed by atoms with van der Waals surface area (Å²) in [4.78, 5) is 65.7. The second-order valence-electron chi connectivity index (χ2n) is 12.6. The number of alkyl halides is 3. The number of fused-ring (bicyclic) bond motifs is 5. The molecule has 5 rings (SSSR count). The van der Waals surface area contributed by atoms with Gasteiger partial charge < -0.3 is 26.6 Å². The number of halogens is 3. The number of carbonyl (C=O) groups excluding carboxylic acids is 5. The maximum atomic E-state index is 14.1. The van der Waals surface area contributed by atoms with Crippen molar-refractivity contribution in [2.45, 2.75) is 70.3 Å². The molecule has 2 heterocycles. The average Bonchev–Trinajstić information content (AvgIpc) is 3.18. The molecule has 8 atom stereocenters. The van der Waals surface area contributed by atoms with Gasteiger partial charge in [0.25, 0.3) is 0 Å². The third-order valence-corrected chi connectivity index (χ3v) is 9.84. The number of nitrogens with two attached hydrogens (primary N) is 1. The summed E-state index contributed by atoms with van der Waals surface area (Å²) in [5, 5.41) is 7.29. The van der Waals surface area contributed by atoms with Gasteiger partial charge in [-0.2, -0.15) is 13.2 Å². The Morgan fingerprint density at radius 3 is 2.35 bits per heavy atom. The van der Waals surface area contributed by atoms with Crippen LogP contribution in [0, 0.1) is 40.9 Å². The van der Waals surface area contributed by atoms with Gasteiger partial charge in [0, 0.05) is 19.0 Å². The van der Waals surface area contributed by atoms with E-state index in [9.17, 15) is 37.1 Å². The van der Waals surface area contributed by atoms with Gasteiger partial charge in [0.05, 0.1) is 0 Å². The van der Waals surface area contributed by atoms with Crippen molar-refractivity contribution in [2.24, 2.45) is 46.7 Å². The molecule has 3 aliphatic carbocycles. The van der Waals surface area contributed by atoms with Gasteiger partial charge in [-0.1, -0.05) is 26.0 Å². The monoisotopic (exact) mass is 567 g/mol. The molecule has 0 aromatic heterocycles. The summed E-state index contributed by atoms with van der Waals surface area (Å²) >= 11 is 0. The lowest BCUT2D eigenvalue weighted by atomic mass is 9.78. The maximum absolute atomic E-state index is 14.1. The highest BCUT2D eigenvalue weighted by molar-refractivity contribution is 5.96. The molecule has 2 saturated heterocycles. The summed E-state index contributed by atoms with van der Waals surface area (Å²) in [7, 11) is 0. The topological polar surface area (TPSA) is 151 Å². The van der Waals surface area contributed by atoms with Gasteiger partial charge in [-0.3, -0.25) is 24.0 Å². The van der Waals surface area contributed by atoms with Crippen LogP contribution in [-0.4, -0.2) is 71.8 Å². The van der Waals surface area contributed by atoms with E-state index in [0.717, 1.165) is 19.3 Å². The third kappa shape index (κ3) is 5.07. The number of amides is 5. The lowest BCUT2D eigenvalue weighted by molar-refractivity contribution is -0.176. The quantitative estimate of drug-likeness (QED) is 0.301. The number of hydrogen-bond acceptors (Lipinski definition) is 5. The number of likely N-dealkylation sites (tertiary alicyclic amines) is 1. The van der Waals surface area contributed by atoms with Crippen molar-refractivity contribution in [1.82, 2.24) is 20.9 Å². The minimum atomic E-state index is -5.18. The molecular formula is C27H36F3N5O5. The number of nitrogens with zero attached hydrogens (tertiary/aromatic N) is 1. The van der Waals surface area contributed by atoms with Gasteiger partial charge in [0.2, 0.25) is 23.6 Å². The van der Waals surface area contributed by atoms with Crippen LogP contribution < -0.4 is 21.7 Å². The highest BCUT2D eigenvalue weighted by Gasteiger charge is 2.60. The second-order valence-corrected chi connectivity index (χ2v) is 12.6. The van der Waals surface area contributed by atoms with E-state index in [-0.39, 0.29) is 48.5 Å². The molecule has 2 saturated carbocycles. The summed E-state index contributed by atoms with van der Waals surface area (Å²) < 4.78 is 39.9. The first-order valence-electron chi connectivity index (χ1n) is 13.9. The zero-order chi connectivity index (χ0) is 29.1. The molecule has 13 heteroatoms. The molecule has 2 bridgehead atoms. The highest BCUT2D eigenvalue weighted by atomic mass is 19.4. The number of primary amides is 1. The normalized spacial score (nSPS) is 32.4. The number of allylic oxidation sites excluding steroid dienone is 2. The molecule has 5 aliphatic rings. The van der Waals surface area contributed by atoms with Crippen molar-refractivity contribution in [2.75, 3.05) is 13.1 Å². The van der Waals surface area contributed by atoms with Crippen molar-refractivity contribution in [3.05, 3.63) is 12.2 Å². The van der Waals surface area contributed by atoms with E-state index in [1.165, 1.54) is 4.90 Å². The van der Waals surface area contributed by atoms with E-state index < -0.39 is 59.3 Å². The summed E-state index contributed by atoms with van der Waals surface area (Å²) in [6, 6.07) is -3.71. The van der Waals surface area contributed by atoms with Crippen LogP contribution in [-0.2, 0) is 24.0 Å². The van der Waals surface area contributed by atoms with Gasteiger partial charge in [-0.05, 0) is 67.1 Å². The van der Waals surface area contributed by atoms with E-state index in [0.29, 0.717) is 13.0 Å². The van der Waals surface area contributed by atoms with E-state index >= 15 is 0 Å². The number of carbonyl (C=O) groups is 5. The van der Waals surface area contributed by atoms with Crippen LogP contribution in [0.3, 0.4) is 0 Å². The second kappa shape index (κ2) is 10.1. The Morgan fingerprint density at radius 2 is 1.77 bits per heavy atom. The number of hydrogen-bond donors (Lipinski definition) is 4. The van der Waals surface area contributed by atoms with E-state index in [1.54, 1.807) is 13.8 Å². The molecule has 40 heavy (non-hydrogen) atoms. The Hall–Kier alpha value is -3.12. The summed E-state index contributed by atoms with van der Waals surface area (Å²) in [6.07, 6.45) is 1.62. The third-order valence-electron chi connectivity index (χ3n) is 9.84. The fraction of sp³-hybridized carbons (Fsp3) is 0.741. The van der Waals surface area contributed by atoms with Crippen LogP contribution in [0.25, 0.3) is 0 Å². The Morgan fingerprint density at radius 1 is 1.10 bits per heavy atom. The zero-order valence-corrected chi connectivity index (χ0v) is 22.5. The minimum absolute atomic E-state index is 0.00385. The van der Waals surface area contributed by atoms with Gasteiger partial charge in [0.15, 0.2) is 0 Å². The molecule has 0 aromatic carbocycles.